The Balaban J connectivity index is 1.75. The van der Waals surface area contributed by atoms with Gasteiger partial charge in [0.15, 0.2) is 0 Å². The van der Waals surface area contributed by atoms with Crippen molar-refractivity contribution in [2.45, 2.75) is 66.4 Å². The first-order valence-electron chi connectivity index (χ1n) is 9.94. The average molecular weight is 440 g/mol. The van der Waals surface area contributed by atoms with Gasteiger partial charge in [0.25, 0.3) is 0 Å². The van der Waals surface area contributed by atoms with E-state index in [2.05, 4.69) is 48.8 Å². The maximum absolute atomic E-state index is 12.2. The van der Waals surface area contributed by atoms with E-state index in [1.54, 1.807) is 0 Å². The maximum atomic E-state index is 12.2. The summed E-state index contributed by atoms with van der Waals surface area (Å²) in [5.41, 5.74) is 1.97. The van der Waals surface area contributed by atoms with Crippen molar-refractivity contribution in [2.24, 2.45) is 11.8 Å². The second-order valence-corrected chi connectivity index (χ2v) is 9.58. The number of benzene rings is 1. The number of likely N-dealkylation sites (tertiary alicyclic amines) is 1. The van der Waals surface area contributed by atoms with Gasteiger partial charge in [0.2, 0.25) is 0 Å². The van der Waals surface area contributed by atoms with Gasteiger partial charge in [-0.1, -0.05) is 22.9 Å². The Morgan fingerprint density at radius 1 is 1.22 bits per heavy atom. The fraction of sp³-hybridized carbons (Fsp3) is 0.682. The van der Waals surface area contributed by atoms with Gasteiger partial charge in [-0.05, 0) is 89.0 Å². The molecule has 1 amide bonds. The SMILES string of the molecule is Cc1cc(OCCC(C)C2CCN(C(=O)OC(C)(C)C)CC2)cc(C)c1Br. The quantitative estimate of drug-likeness (QED) is 0.554. The van der Waals surface area contributed by atoms with Crippen LogP contribution in [0.5, 0.6) is 5.75 Å². The van der Waals surface area contributed by atoms with E-state index in [4.69, 9.17) is 9.47 Å². The summed E-state index contributed by atoms with van der Waals surface area (Å²) >= 11 is 3.60. The summed E-state index contributed by atoms with van der Waals surface area (Å²) in [5.74, 6) is 2.17. The molecule has 2 rings (SSSR count). The van der Waals surface area contributed by atoms with Gasteiger partial charge in [-0.15, -0.1) is 0 Å². The van der Waals surface area contributed by atoms with Crippen LogP contribution in [-0.4, -0.2) is 36.3 Å². The predicted molar refractivity (Wildman–Crippen MR) is 113 cm³/mol. The molecule has 0 N–H and O–H groups in total. The zero-order valence-electron chi connectivity index (χ0n) is 17.6. The Labute approximate surface area is 172 Å². The van der Waals surface area contributed by atoms with Crippen molar-refractivity contribution in [3.8, 4) is 5.75 Å². The molecule has 0 radical (unpaired) electrons. The van der Waals surface area contributed by atoms with E-state index in [0.717, 1.165) is 49.2 Å². The fourth-order valence-electron chi connectivity index (χ4n) is 3.57. The smallest absolute Gasteiger partial charge is 0.410 e. The van der Waals surface area contributed by atoms with E-state index in [1.807, 2.05) is 25.7 Å². The van der Waals surface area contributed by atoms with Gasteiger partial charge in [-0.2, -0.15) is 0 Å². The molecule has 0 bridgehead atoms. The van der Waals surface area contributed by atoms with E-state index in [0.29, 0.717) is 11.8 Å². The number of hydrogen-bond acceptors (Lipinski definition) is 3. The van der Waals surface area contributed by atoms with E-state index in [9.17, 15) is 4.79 Å². The number of aryl methyl sites for hydroxylation is 2. The van der Waals surface area contributed by atoms with Crippen LogP contribution in [0.25, 0.3) is 0 Å². The standard InChI is InChI=1S/C22H34BrNO3/c1-15(9-12-26-19-13-16(2)20(23)17(3)14-19)18-7-10-24(11-8-18)21(25)27-22(4,5)6/h13-15,18H,7-12H2,1-6H3. The van der Waals surface area contributed by atoms with Crippen molar-refractivity contribution < 1.29 is 14.3 Å². The van der Waals surface area contributed by atoms with Gasteiger partial charge in [0.1, 0.15) is 11.4 Å². The highest BCUT2D eigenvalue weighted by atomic mass is 79.9. The normalized spacial score (nSPS) is 16.9. The molecule has 1 aromatic carbocycles. The lowest BCUT2D eigenvalue weighted by molar-refractivity contribution is 0.0158. The van der Waals surface area contributed by atoms with Crippen LogP contribution < -0.4 is 4.74 Å². The molecule has 1 fully saturated rings. The minimum atomic E-state index is -0.428. The molecule has 0 aromatic heterocycles. The number of carbonyl (C=O) groups excluding carboxylic acids is 1. The Bertz CT molecular complexity index is 622. The lowest BCUT2D eigenvalue weighted by Crippen LogP contribution is -2.42. The van der Waals surface area contributed by atoms with Gasteiger partial charge in [0, 0.05) is 17.6 Å². The third-order valence-corrected chi connectivity index (χ3v) is 6.50. The minimum absolute atomic E-state index is 0.182. The molecular formula is C22H34BrNO3. The van der Waals surface area contributed by atoms with Crippen LogP contribution >= 0.6 is 15.9 Å². The van der Waals surface area contributed by atoms with Crippen LogP contribution in [0.15, 0.2) is 16.6 Å². The minimum Gasteiger partial charge on any atom is -0.494 e. The first-order chi connectivity index (χ1) is 12.6. The number of hydrogen-bond donors (Lipinski definition) is 0. The molecule has 1 heterocycles. The molecule has 0 spiro atoms. The Kier molecular flexibility index (Phi) is 7.61. The summed E-state index contributed by atoms with van der Waals surface area (Å²) in [6.07, 6.45) is 2.93. The summed E-state index contributed by atoms with van der Waals surface area (Å²) in [6.45, 7) is 14.5. The molecule has 27 heavy (non-hydrogen) atoms. The molecule has 1 saturated heterocycles. The molecular weight excluding hydrogens is 406 g/mol. The van der Waals surface area contributed by atoms with E-state index in [1.165, 1.54) is 11.1 Å². The second kappa shape index (κ2) is 9.31. The third-order valence-electron chi connectivity index (χ3n) is 5.25. The van der Waals surface area contributed by atoms with Gasteiger partial charge < -0.3 is 14.4 Å². The first-order valence-corrected chi connectivity index (χ1v) is 10.7. The van der Waals surface area contributed by atoms with Crippen molar-refractivity contribution in [1.82, 2.24) is 4.90 Å². The van der Waals surface area contributed by atoms with Crippen molar-refractivity contribution in [3.05, 3.63) is 27.7 Å². The number of amides is 1. The van der Waals surface area contributed by atoms with Crippen LogP contribution in [0.4, 0.5) is 4.79 Å². The lowest BCUT2D eigenvalue weighted by Gasteiger charge is -2.35. The van der Waals surface area contributed by atoms with Crippen molar-refractivity contribution in [2.75, 3.05) is 19.7 Å². The first kappa shape index (κ1) is 22.1. The molecule has 0 aliphatic carbocycles. The van der Waals surface area contributed by atoms with Gasteiger partial charge in [-0.3, -0.25) is 0 Å². The fourth-order valence-corrected chi connectivity index (χ4v) is 3.79. The van der Waals surface area contributed by atoms with Crippen LogP contribution in [0, 0.1) is 25.7 Å². The highest BCUT2D eigenvalue weighted by Crippen LogP contribution is 2.29. The third kappa shape index (κ3) is 6.70. The number of nitrogens with zero attached hydrogens (tertiary/aromatic N) is 1. The summed E-state index contributed by atoms with van der Waals surface area (Å²) in [5, 5.41) is 0. The Morgan fingerprint density at radius 3 is 2.30 bits per heavy atom. The van der Waals surface area contributed by atoms with Crippen LogP contribution in [-0.2, 0) is 4.74 Å². The molecule has 1 aliphatic heterocycles. The average Bonchev–Trinajstić information content (AvgIpc) is 2.58. The van der Waals surface area contributed by atoms with E-state index >= 15 is 0 Å². The van der Waals surface area contributed by atoms with Gasteiger partial charge in [-0.25, -0.2) is 4.79 Å². The van der Waals surface area contributed by atoms with E-state index in [-0.39, 0.29) is 6.09 Å². The topological polar surface area (TPSA) is 38.8 Å². The van der Waals surface area contributed by atoms with Crippen LogP contribution in [0.2, 0.25) is 0 Å². The summed E-state index contributed by atoms with van der Waals surface area (Å²) < 4.78 is 12.6. The molecule has 1 aliphatic rings. The second-order valence-electron chi connectivity index (χ2n) is 8.79. The van der Waals surface area contributed by atoms with E-state index < -0.39 is 5.60 Å². The lowest BCUT2D eigenvalue weighted by atomic mass is 9.84. The summed E-state index contributed by atoms with van der Waals surface area (Å²) in [6, 6.07) is 4.17. The molecule has 5 heteroatoms. The van der Waals surface area contributed by atoms with Crippen molar-refractivity contribution in [1.29, 1.82) is 0 Å². The largest absolute Gasteiger partial charge is 0.494 e. The molecule has 1 aromatic rings. The monoisotopic (exact) mass is 439 g/mol. The molecule has 1 unspecified atom stereocenters. The van der Waals surface area contributed by atoms with Crippen molar-refractivity contribution >= 4 is 22.0 Å². The van der Waals surface area contributed by atoms with Gasteiger partial charge in [0.05, 0.1) is 6.61 Å². The zero-order chi connectivity index (χ0) is 20.2. The summed E-state index contributed by atoms with van der Waals surface area (Å²) in [4.78, 5) is 14.0. The maximum Gasteiger partial charge on any atom is 0.410 e. The molecule has 0 saturated carbocycles. The number of halogens is 1. The van der Waals surface area contributed by atoms with Crippen LogP contribution in [0.3, 0.4) is 0 Å². The van der Waals surface area contributed by atoms with Gasteiger partial charge >= 0.3 is 6.09 Å². The van der Waals surface area contributed by atoms with Crippen LogP contribution in [0.1, 0.15) is 58.1 Å². The Morgan fingerprint density at radius 2 is 1.78 bits per heavy atom. The Hall–Kier alpha value is -1.23. The number of rotatable bonds is 5. The molecule has 4 nitrogen and oxygen atoms in total. The molecule has 1 atom stereocenters. The van der Waals surface area contributed by atoms with Crippen molar-refractivity contribution in [3.63, 3.8) is 0 Å². The zero-order valence-corrected chi connectivity index (χ0v) is 19.2. The highest BCUT2D eigenvalue weighted by Gasteiger charge is 2.29. The molecule has 152 valence electrons. The predicted octanol–water partition coefficient (Wildman–Crippen LogP) is 6.12. The number of ether oxygens (including phenoxy) is 2. The highest BCUT2D eigenvalue weighted by molar-refractivity contribution is 9.10. The number of piperidine rings is 1. The number of carbonyl (C=O) groups is 1. The summed E-state index contributed by atoms with van der Waals surface area (Å²) in [7, 11) is 0.